The maximum Gasteiger partial charge on any atom is 0.123 e. The maximum absolute atomic E-state index is 13.8. The molecule has 0 saturated heterocycles. The van der Waals surface area contributed by atoms with Crippen LogP contribution in [0.2, 0.25) is 0 Å². The zero-order chi connectivity index (χ0) is 15.5. The van der Waals surface area contributed by atoms with E-state index in [0.717, 1.165) is 24.3 Å². The Morgan fingerprint density at radius 1 is 1.43 bits per heavy atom. The first kappa shape index (κ1) is 16.3. The quantitative estimate of drug-likeness (QED) is 0.820. The zero-order valence-corrected chi connectivity index (χ0v) is 13.7. The number of hydrogen-bond acceptors (Lipinski definition) is 2. The monoisotopic (exact) mass is 293 g/mol. The fourth-order valence-corrected chi connectivity index (χ4v) is 3.69. The van der Waals surface area contributed by atoms with Gasteiger partial charge >= 0.3 is 0 Å². The molecule has 0 aromatic heterocycles. The van der Waals surface area contributed by atoms with Gasteiger partial charge in [0.05, 0.1) is 7.11 Å². The lowest BCUT2D eigenvalue weighted by molar-refractivity contribution is 0.195. The first-order valence-corrected chi connectivity index (χ1v) is 8.06. The van der Waals surface area contributed by atoms with Gasteiger partial charge in [0, 0.05) is 11.6 Å². The Bertz CT molecular complexity index is 472. The number of benzene rings is 1. The maximum atomic E-state index is 13.8. The van der Waals surface area contributed by atoms with Gasteiger partial charge in [-0.25, -0.2) is 4.39 Å². The fraction of sp³-hybridized carbons (Fsp3) is 0.667. The smallest absolute Gasteiger partial charge is 0.123 e. The van der Waals surface area contributed by atoms with E-state index >= 15 is 0 Å². The van der Waals surface area contributed by atoms with Crippen molar-refractivity contribution < 1.29 is 9.13 Å². The number of hydrogen-bond donors (Lipinski definition) is 1. The second kappa shape index (κ2) is 6.78. The van der Waals surface area contributed by atoms with E-state index < -0.39 is 0 Å². The summed E-state index contributed by atoms with van der Waals surface area (Å²) in [6.07, 6.45) is 4.74. The highest BCUT2D eigenvalue weighted by atomic mass is 19.1. The van der Waals surface area contributed by atoms with Crippen LogP contribution in [0.3, 0.4) is 0 Å². The van der Waals surface area contributed by atoms with Crippen LogP contribution in [0, 0.1) is 17.2 Å². The third kappa shape index (κ3) is 3.57. The number of halogens is 1. The van der Waals surface area contributed by atoms with Crippen molar-refractivity contribution in [2.24, 2.45) is 11.3 Å². The highest BCUT2D eigenvalue weighted by Crippen LogP contribution is 2.50. The third-order valence-electron chi connectivity index (χ3n) is 4.88. The van der Waals surface area contributed by atoms with Crippen molar-refractivity contribution in [3.63, 3.8) is 0 Å². The van der Waals surface area contributed by atoms with E-state index in [0.29, 0.717) is 5.92 Å². The average Bonchev–Trinajstić information content (AvgIpc) is 2.79. The minimum absolute atomic E-state index is 0.160. The molecule has 3 heteroatoms. The lowest BCUT2D eigenvalue weighted by Crippen LogP contribution is -2.34. The summed E-state index contributed by atoms with van der Waals surface area (Å²) < 4.78 is 19.2. The van der Waals surface area contributed by atoms with Crippen LogP contribution in [0.5, 0.6) is 5.75 Å². The van der Waals surface area contributed by atoms with Crippen molar-refractivity contribution in [2.75, 3.05) is 13.7 Å². The van der Waals surface area contributed by atoms with Gasteiger partial charge in [0.25, 0.3) is 0 Å². The first-order valence-electron chi connectivity index (χ1n) is 8.06. The Kier molecular flexibility index (Phi) is 5.26. The molecule has 1 aliphatic rings. The predicted octanol–water partition coefficient (Wildman–Crippen LogP) is 4.70. The molecule has 21 heavy (non-hydrogen) atoms. The minimum atomic E-state index is -0.190. The van der Waals surface area contributed by atoms with E-state index in [9.17, 15) is 4.39 Å². The van der Waals surface area contributed by atoms with Crippen LogP contribution < -0.4 is 10.1 Å². The van der Waals surface area contributed by atoms with Crippen molar-refractivity contribution >= 4 is 0 Å². The number of rotatable bonds is 6. The largest absolute Gasteiger partial charge is 0.496 e. The van der Waals surface area contributed by atoms with Crippen LogP contribution in [-0.4, -0.2) is 13.7 Å². The molecule has 0 bridgehead atoms. The molecule has 1 aliphatic carbocycles. The van der Waals surface area contributed by atoms with Crippen molar-refractivity contribution in [1.82, 2.24) is 5.32 Å². The van der Waals surface area contributed by atoms with Crippen LogP contribution in [0.1, 0.15) is 58.1 Å². The van der Waals surface area contributed by atoms with Gasteiger partial charge in [0.15, 0.2) is 0 Å². The van der Waals surface area contributed by atoms with Crippen LogP contribution in [0.25, 0.3) is 0 Å². The molecule has 0 radical (unpaired) electrons. The van der Waals surface area contributed by atoms with E-state index in [-0.39, 0.29) is 17.3 Å². The Morgan fingerprint density at radius 2 is 2.19 bits per heavy atom. The fourth-order valence-electron chi connectivity index (χ4n) is 3.69. The molecular formula is C18H28FNO. The van der Waals surface area contributed by atoms with Gasteiger partial charge in [-0.15, -0.1) is 0 Å². The average molecular weight is 293 g/mol. The van der Waals surface area contributed by atoms with Gasteiger partial charge < -0.3 is 10.1 Å². The van der Waals surface area contributed by atoms with Gasteiger partial charge in [-0.2, -0.15) is 0 Å². The molecule has 0 heterocycles. The van der Waals surface area contributed by atoms with Crippen LogP contribution >= 0.6 is 0 Å². The van der Waals surface area contributed by atoms with E-state index in [1.807, 2.05) is 0 Å². The Labute approximate surface area is 128 Å². The highest BCUT2D eigenvalue weighted by Gasteiger charge is 2.40. The number of ether oxygens (including phenoxy) is 1. The van der Waals surface area contributed by atoms with Gasteiger partial charge in [-0.1, -0.05) is 27.2 Å². The van der Waals surface area contributed by atoms with E-state index in [2.05, 4.69) is 26.1 Å². The third-order valence-corrected chi connectivity index (χ3v) is 4.88. The summed E-state index contributed by atoms with van der Waals surface area (Å²) >= 11 is 0. The molecule has 0 aliphatic heterocycles. The second-order valence-electron chi connectivity index (χ2n) is 6.81. The number of nitrogens with one attached hydrogen (secondary N) is 1. The topological polar surface area (TPSA) is 21.3 Å². The molecule has 0 amide bonds. The van der Waals surface area contributed by atoms with Crippen molar-refractivity contribution in [3.05, 3.63) is 29.6 Å². The molecule has 1 N–H and O–H groups in total. The summed E-state index contributed by atoms with van der Waals surface area (Å²) in [5.41, 5.74) is 1.24. The first-order chi connectivity index (χ1) is 9.99. The van der Waals surface area contributed by atoms with E-state index in [4.69, 9.17) is 4.74 Å². The van der Waals surface area contributed by atoms with Crippen LogP contribution in [0.4, 0.5) is 4.39 Å². The predicted molar refractivity (Wildman–Crippen MR) is 85.1 cm³/mol. The van der Waals surface area contributed by atoms with Gasteiger partial charge in [-0.3, -0.25) is 0 Å². The molecule has 2 rings (SSSR count). The summed E-state index contributed by atoms with van der Waals surface area (Å²) in [7, 11) is 1.66. The molecule has 2 unspecified atom stereocenters. The van der Waals surface area contributed by atoms with E-state index in [1.54, 1.807) is 19.2 Å². The van der Waals surface area contributed by atoms with E-state index in [1.165, 1.54) is 25.3 Å². The summed E-state index contributed by atoms with van der Waals surface area (Å²) in [6.45, 7) is 7.76. The SMILES string of the molecule is CCCNC(c1cc(F)ccc1OC)C1CCCC1(C)C. The molecule has 2 nitrogen and oxygen atoms in total. The lowest BCUT2D eigenvalue weighted by Gasteiger charge is -2.35. The molecule has 1 fully saturated rings. The lowest BCUT2D eigenvalue weighted by atomic mass is 9.75. The molecule has 1 aromatic rings. The second-order valence-corrected chi connectivity index (χ2v) is 6.81. The summed E-state index contributed by atoms with van der Waals surface area (Å²) in [5, 5.41) is 3.64. The minimum Gasteiger partial charge on any atom is -0.496 e. The summed E-state index contributed by atoms with van der Waals surface area (Å²) in [6, 6.07) is 5.01. The van der Waals surface area contributed by atoms with Crippen molar-refractivity contribution in [1.29, 1.82) is 0 Å². The van der Waals surface area contributed by atoms with Crippen LogP contribution in [-0.2, 0) is 0 Å². The Morgan fingerprint density at radius 3 is 2.76 bits per heavy atom. The van der Waals surface area contributed by atoms with Gasteiger partial charge in [0.2, 0.25) is 0 Å². The normalized spacial score (nSPS) is 22.2. The molecular weight excluding hydrogens is 265 g/mol. The zero-order valence-electron chi connectivity index (χ0n) is 13.7. The summed E-state index contributed by atoms with van der Waals surface area (Å²) in [5.74, 6) is 1.11. The van der Waals surface area contributed by atoms with Crippen molar-refractivity contribution in [3.8, 4) is 5.75 Å². The molecule has 0 spiro atoms. The number of methoxy groups -OCH3 is 1. The molecule has 1 saturated carbocycles. The van der Waals surface area contributed by atoms with Crippen LogP contribution in [0.15, 0.2) is 18.2 Å². The van der Waals surface area contributed by atoms with Crippen molar-refractivity contribution in [2.45, 2.75) is 52.5 Å². The Hall–Kier alpha value is -1.09. The molecule has 118 valence electrons. The highest BCUT2D eigenvalue weighted by molar-refractivity contribution is 5.37. The van der Waals surface area contributed by atoms with Gasteiger partial charge in [0.1, 0.15) is 11.6 Å². The summed E-state index contributed by atoms with van der Waals surface area (Å²) in [4.78, 5) is 0. The standard InChI is InChI=1S/C18H28FNO/c1-5-11-20-17(15-7-6-10-18(15,2)3)14-12-13(19)8-9-16(14)21-4/h8-9,12,15,17,20H,5-7,10-11H2,1-4H3. The molecule has 1 aromatic carbocycles. The van der Waals surface area contributed by atoms with Gasteiger partial charge in [-0.05, 0) is 55.3 Å². The Balaban J connectivity index is 2.38. The molecule has 2 atom stereocenters.